The first kappa shape index (κ1) is 41.3. The zero-order chi connectivity index (χ0) is 38.1. The molecule has 0 fully saturated rings. The maximum atomic E-state index is 12.9. The first-order valence-electron chi connectivity index (χ1n) is 15.1. The van der Waals surface area contributed by atoms with Gasteiger partial charge in [-0.3, -0.25) is 9.59 Å². The van der Waals surface area contributed by atoms with Crippen LogP contribution in [0, 0.1) is 0 Å². The third kappa shape index (κ3) is 8.37. The Bertz CT molecular complexity index is 1810. The summed E-state index contributed by atoms with van der Waals surface area (Å²) in [4.78, 5) is 36.8. The fraction of sp³-hybridized carbons (Fsp3) is 0.419. The molecule has 2 heterocycles. The van der Waals surface area contributed by atoms with Gasteiger partial charge in [-0.15, -0.1) is 0 Å². The zero-order valence-electron chi connectivity index (χ0n) is 27.0. The summed E-state index contributed by atoms with van der Waals surface area (Å²) in [5.41, 5.74) is -2.16. The van der Waals surface area contributed by atoms with E-state index in [1.54, 1.807) is 24.3 Å². The average Bonchev–Trinajstić information content (AvgIpc) is 3.73. The number of benzene rings is 1. The first-order chi connectivity index (χ1) is 24.6. The average molecular weight is 1110 g/mol. The standard InChI is InChI=1S/C31H30Br6N4O11/c1-48-24-16(34)5-30(26(44)21(24)36)7-18(40-51-30)28(46)38-9-13(42)11-50-23-14(32)3-12(4-15(23)33)20(43)10-39-29(47)19-8-31(52-41-19)6-17(35)25(49-2)22(37)27(31)45/h3-6,13,20,26-27,42-45H,7-11H2,1-2H3,(H,38,46)(H,39,47)/t13-,20+,26-,27-,30+,31+/m1/s1. The maximum absolute atomic E-state index is 12.9. The molecule has 2 aliphatic carbocycles. The molecule has 2 aliphatic heterocycles. The Hall–Kier alpha value is -1.82. The summed E-state index contributed by atoms with van der Waals surface area (Å²) >= 11 is 20.2. The van der Waals surface area contributed by atoms with E-state index >= 15 is 0 Å². The van der Waals surface area contributed by atoms with Gasteiger partial charge < -0.3 is 54.9 Å². The molecular weight excluding hydrogens is 1080 g/mol. The normalized spacial score (nSPS) is 26.5. The number of hydrogen-bond donors (Lipinski definition) is 6. The second kappa shape index (κ2) is 16.9. The highest BCUT2D eigenvalue weighted by Gasteiger charge is 2.52. The van der Waals surface area contributed by atoms with Gasteiger partial charge in [0.15, 0.2) is 11.2 Å². The highest BCUT2D eigenvalue weighted by atomic mass is 79.9. The van der Waals surface area contributed by atoms with Crippen LogP contribution in [0.25, 0.3) is 0 Å². The molecule has 0 aromatic heterocycles. The largest absolute Gasteiger partial charge is 0.495 e. The van der Waals surface area contributed by atoms with Gasteiger partial charge >= 0.3 is 0 Å². The van der Waals surface area contributed by atoms with Crippen molar-refractivity contribution in [2.24, 2.45) is 10.3 Å². The molecule has 0 saturated carbocycles. The predicted octanol–water partition coefficient (Wildman–Crippen LogP) is 4.06. The molecule has 6 atom stereocenters. The van der Waals surface area contributed by atoms with Crippen molar-refractivity contribution in [2.45, 2.75) is 48.5 Å². The Labute approximate surface area is 347 Å². The number of hydrogen-bond acceptors (Lipinski definition) is 13. The van der Waals surface area contributed by atoms with Crippen molar-refractivity contribution in [3.8, 4) is 5.75 Å². The van der Waals surface area contributed by atoms with Crippen LogP contribution in [0.5, 0.6) is 5.75 Å². The molecule has 5 rings (SSSR count). The van der Waals surface area contributed by atoms with Gasteiger partial charge in [-0.25, -0.2) is 0 Å². The van der Waals surface area contributed by atoms with E-state index in [0.717, 1.165) is 0 Å². The van der Waals surface area contributed by atoms with Crippen LogP contribution in [-0.2, 0) is 28.7 Å². The van der Waals surface area contributed by atoms with Crippen molar-refractivity contribution >= 4 is 119 Å². The number of aliphatic hydroxyl groups is 4. The third-order valence-corrected chi connectivity index (χ3v) is 12.2. The summed E-state index contributed by atoms with van der Waals surface area (Å²) in [5.74, 6) is -0.0771. The summed E-state index contributed by atoms with van der Waals surface area (Å²) in [6.45, 7) is -0.560. The molecule has 0 saturated heterocycles. The van der Waals surface area contributed by atoms with E-state index in [4.69, 9.17) is 23.9 Å². The van der Waals surface area contributed by atoms with Crippen molar-refractivity contribution < 1.29 is 53.9 Å². The molecule has 0 radical (unpaired) electrons. The number of rotatable bonds is 12. The van der Waals surface area contributed by atoms with Crippen LogP contribution in [0.4, 0.5) is 0 Å². The fourth-order valence-corrected chi connectivity index (χ4v) is 10.5. The molecule has 6 N–H and O–H groups in total. The number of allylic oxidation sites excluding steroid dienone is 2. The van der Waals surface area contributed by atoms with Crippen LogP contribution in [0.3, 0.4) is 0 Å². The van der Waals surface area contributed by atoms with Crippen molar-refractivity contribution in [3.63, 3.8) is 0 Å². The molecule has 2 amide bonds. The number of nitrogens with one attached hydrogen (secondary N) is 2. The SMILES string of the molecule is COC1=C(Br)[C@@H](O)[C@]2(C=C1Br)CC(C(=O)NC[C@@H](O)COc1c(Br)cc([C@@H](O)CNC(=O)C3=NO[C@@]4(C=C(Br)C(OC)=C(Br)[C@H]4O)C3)cc1Br)=NO2. The number of amides is 2. The number of aliphatic hydroxyl groups excluding tert-OH is 4. The lowest BCUT2D eigenvalue weighted by atomic mass is 9.87. The van der Waals surface area contributed by atoms with Crippen molar-refractivity contribution in [3.05, 3.63) is 68.2 Å². The van der Waals surface area contributed by atoms with Crippen LogP contribution < -0.4 is 15.4 Å². The zero-order valence-corrected chi connectivity index (χ0v) is 36.5. The van der Waals surface area contributed by atoms with E-state index in [9.17, 15) is 30.0 Å². The van der Waals surface area contributed by atoms with E-state index in [-0.39, 0.29) is 44.0 Å². The van der Waals surface area contributed by atoms with Crippen LogP contribution in [0.2, 0.25) is 0 Å². The van der Waals surface area contributed by atoms with E-state index < -0.39 is 47.4 Å². The molecule has 2 spiro atoms. The minimum absolute atomic E-state index is 0.0225. The van der Waals surface area contributed by atoms with E-state index in [1.165, 1.54) is 14.2 Å². The van der Waals surface area contributed by atoms with Gasteiger partial charge in [0.05, 0.1) is 47.2 Å². The second-order valence-corrected chi connectivity index (χ2v) is 16.9. The van der Waals surface area contributed by atoms with Gasteiger partial charge in [0, 0.05) is 25.9 Å². The number of oxime groups is 2. The molecule has 0 bridgehead atoms. The molecule has 21 heteroatoms. The molecule has 0 unspecified atom stereocenters. The number of nitrogens with zero attached hydrogens (tertiary/aromatic N) is 2. The summed E-state index contributed by atoms with van der Waals surface area (Å²) in [5, 5.41) is 56.0. The lowest BCUT2D eigenvalue weighted by Crippen LogP contribution is -2.45. The second-order valence-electron chi connectivity index (χ2n) is 11.8. The summed E-state index contributed by atoms with van der Waals surface area (Å²) in [6.07, 6.45) is -1.53. The minimum atomic E-state index is -1.32. The summed E-state index contributed by atoms with van der Waals surface area (Å²) in [6, 6.07) is 3.19. The Morgan fingerprint density at radius 3 is 1.71 bits per heavy atom. The molecule has 52 heavy (non-hydrogen) atoms. The molecule has 15 nitrogen and oxygen atoms in total. The van der Waals surface area contributed by atoms with E-state index in [1.807, 2.05) is 0 Å². The maximum Gasteiger partial charge on any atom is 0.269 e. The Kier molecular flexibility index (Phi) is 13.4. The number of halogens is 6. The quantitative estimate of drug-likeness (QED) is 0.176. The predicted molar refractivity (Wildman–Crippen MR) is 208 cm³/mol. The highest BCUT2D eigenvalue weighted by Crippen LogP contribution is 2.45. The van der Waals surface area contributed by atoms with Crippen molar-refractivity contribution in [1.29, 1.82) is 0 Å². The van der Waals surface area contributed by atoms with Crippen LogP contribution in [-0.4, -0.2) is 107 Å². The van der Waals surface area contributed by atoms with E-state index in [2.05, 4.69) is 117 Å². The topological polar surface area (TPSA) is 210 Å². The van der Waals surface area contributed by atoms with Gasteiger partial charge in [0.1, 0.15) is 53.6 Å². The lowest BCUT2D eigenvalue weighted by Gasteiger charge is -2.33. The van der Waals surface area contributed by atoms with Crippen LogP contribution in [0.15, 0.2) is 73.0 Å². The number of carbonyl (C=O) groups excluding carboxylic acids is 2. The monoisotopic (exact) mass is 1110 g/mol. The summed E-state index contributed by atoms with van der Waals surface area (Å²) < 4.78 is 18.9. The Morgan fingerprint density at radius 1 is 0.827 bits per heavy atom. The third-order valence-electron chi connectivity index (χ3n) is 8.27. The van der Waals surface area contributed by atoms with Gasteiger partial charge in [-0.2, -0.15) is 0 Å². The Morgan fingerprint density at radius 2 is 1.27 bits per heavy atom. The van der Waals surface area contributed by atoms with Crippen molar-refractivity contribution in [2.75, 3.05) is 33.9 Å². The number of ether oxygens (including phenoxy) is 3. The lowest BCUT2D eigenvalue weighted by molar-refractivity contribution is -0.116. The molecule has 4 aliphatic rings. The molecule has 1 aromatic carbocycles. The Balaban J connectivity index is 1.09. The molecule has 282 valence electrons. The van der Waals surface area contributed by atoms with Crippen LogP contribution >= 0.6 is 95.6 Å². The molecule has 1 aromatic rings. The summed E-state index contributed by atoms with van der Waals surface area (Å²) in [7, 11) is 2.91. The van der Waals surface area contributed by atoms with E-state index in [0.29, 0.717) is 49.7 Å². The van der Waals surface area contributed by atoms with Gasteiger partial charge in [0.2, 0.25) is 0 Å². The van der Waals surface area contributed by atoms with Gasteiger partial charge in [0.25, 0.3) is 11.8 Å². The van der Waals surface area contributed by atoms with Gasteiger partial charge in [-0.1, -0.05) is 10.3 Å². The minimum Gasteiger partial charge on any atom is -0.495 e. The number of carbonyl (C=O) groups is 2. The smallest absolute Gasteiger partial charge is 0.269 e. The fourth-order valence-electron chi connectivity index (χ4n) is 5.51. The van der Waals surface area contributed by atoms with Crippen molar-refractivity contribution in [1.82, 2.24) is 10.6 Å². The number of methoxy groups -OCH3 is 2. The molecular formula is C31H30Br6N4O11. The van der Waals surface area contributed by atoms with Crippen LogP contribution in [0.1, 0.15) is 24.5 Å². The first-order valence-corrected chi connectivity index (χ1v) is 19.9. The van der Waals surface area contributed by atoms with Gasteiger partial charge in [-0.05, 0) is 125 Å². The highest BCUT2D eigenvalue weighted by molar-refractivity contribution is 9.12.